The van der Waals surface area contributed by atoms with Crippen molar-refractivity contribution in [2.24, 2.45) is 0 Å². The predicted molar refractivity (Wildman–Crippen MR) is 18.4 cm³/mol. The van der Waals surface area contributed by atoms with Gasteiger partial charge in [-0.1, -0.05) is 0 Å². The second-order valence-corrected chi connectivity index (χ2v) is 0. The molecule has 0 rings (SSSR count). The van der Waals surface area contributed by atoms with Crippen LogP contribution in [0.5, 0.6) is 0 Å². The summed E-state index contributed by atoms with van der Waals surface area (Å²) >= 11 is 0. The molecule has 0 aromatic heterocycles. The van der Waals surface area contributed by atoms with Gasteiger partial charge in [0.1, 0.15) is 0 Å². The molecule has 0 spiro atoms. The van der Waals surface area contributed by atoms with E-state index in [-0.39, 0.29) is 24.8 Å². The molecule has 0 fully saturated rings. The molecular weight excluding hydrogens is 98.9 g/mol. The SMILES string of the molecule is Cl.Cl.[C-]#[O+]. The average Bonchev–Trinajstić information content (AvgIpc) is 1.00. The maximum atomic E-state index is 7.50. The fourth-order valence-corrected chi connectivity index (χ4v) is 0. The van der Waals surface area contributed by atoms with Crippen molar-refractivity contribution in [3.8, 4) is 0 Å². The van der Waals surface area contributed by atoms with Crippen LogP contribution in [-0.4, -0.2) is 0 Å². The van der Waals surface area contributed by atoms with Gasteiger partial charge in [-0.2, -0.15) is 0 Å². The molecule has 3 heteroatoms. The molecule has 0 aromatic rings. The summed E-state index contributed by atoms with van der Waals surface area (Å²) in [6, 6.07) is 0. The van der Waals surface area contributed by atoms with Crippen LogP contribution in [0.3, 0.4) is 0 Å². The van der Waals surface area contributed by atoms with Gasteiger partial charge in [0, 0.05) is 0 Å². The Morgan fingerprint density at radius 2 is 1.00 bits per heavy atom. The molecule has 0 saturated heterocycles. The van der Waals surface area contributed by atoms with E-state index in [0.717, 1.165) is 0 Å². The molecule has 1 nitrogen and oxygen atoms in total. The van der Waals surface area contributed by atoms with Crippen LogP contribution in [0.2, 0.25) is 0 Å². The molecular formula is CH2Cl2O. The average molecular weight is 101 g/mol. The van der Waals surface area contributed by atoms with Crippen LogP contribution in [0.15, 0.2) is 0 Å². The summed E-state index contributed by atoms with van der Waals surface area (Å²) in [4.78, 5) is 0. The molecule has 0 heterocycles. The molecule has 0 aliphatic rings. The van der Waals surface area contributed by atoms with Crippen molar-refractivity contribution in [1.29, 1.82) is 0 Å². The molecule has 0 unspecified atom stereocenters. The van der Waals surface area contributed by atoms with Crippen molar-refractivity contribution in [3.05, 3.63) is 6.65 Å². The van der Waals surface area contributed by atoms with E-state index in [4.69, 9.17) is 4.65 Å². The molecule has 0 saturated carbocycles. The zero-order valence-corrected chi connectivity index (χ0v) is 3.36. The van der Waals surface area contributed by atoms with Gasteiger partial charge in [0.2, 0.25) is 0 Å². The van der Waals surface area contributed by atoms with Crippen molar-refractivity contribution >= 4 is 24.8 Å². The monoisotopic (exact) mass is 99.9 g/mol. The normalized spacial score (nSPS) is 0.500. The zero-order chi connectivity index (χ0) is 2.00. The van der Waals surface area contributed by atoms with E-state index in [2.05, 4.69) is 6.65 Å². The maximum absolute atomic E-state index is 7.50. The number of rotatable bonds is 0. The minimum absolute atomic E-state index is 0. The second kappa shape index (κ2) is 175. The van der Waals surface area contributed by atoms with Gasteiger partial charge in [-0.15, -0.1) is 24.8 Å². The summed E-state index contributed by atoms with van der Waals surface area (Å²) in [6.07, 6.45) is 0. The Balaban J connectivity index is -0.00000000500. The Bertz CT molecular complexity index is 10.8. The summed E-state index contributed by atoms with van der Waals surface area (Å²) < 4.78 is 7.50. The topological polar surface area (TPSA) is 19.9 Å². The zero-order valence-electron chi connectivity index (χ0n) is 1.72. The van der Waals surface area contributed by atoms with Gasteiger partial charge in [0.15, 0.2) is 0 Å². The van der Waals surface area contributed by atoms with Gasteiger partial charge in [0.25, 0.3) is 0 Å². The Hall–Kier alpha value is 0.320. The molecule has 0 aliphatic carbocycles. The van der Waals surface area contributed by atoms with E-state index in [1.165, 1.54) is 0 Å². The van der Waals surface area contributed by atoms with Gasteiger partial charge in [0.05, 0.1) is 0 Å². The van der Waals surface area contributed by atoms with Crippen LogP contribution < -0.4 is 0 Å². The fourth-order valence-electron chi connectivity index (χ4n) is 0. The van der Waals surface area contributed by atoms with Gasteiger partial charge in [-0.3, -0.25) is 0 Å². The first-order valence-electron chi connectivity index (χ1n) is 0.204. The third kappa shape index (κ3) is 39.5. The first-order chi connectivity index (χ1) is 1.00. The van der Waals surface area contributed by atoms with Crippen molar-refractivity contribution < 1.29 is 4.65 Å². The Kier molecular flexibility index (Phi) is 1190. The fraction of sp³-hybridized carbons (Fsp3) is 0. The van der Waals surface area contributed by atoms with Crippen LogP contribution in [-0.2, 0) is 4.65 Å². The standard InChI is InChI=1S/CO.2ClH/c1-2;;/h;2*1H. The van der Waals surface area contributed by atoms with E-state index in [0.29, 0.717) is 0 Å². The van der Waals surface area contributed by atoms with Gasteiger partial charge in [-0.25, -0.2) is 0 Å². The molecule has 0 amide bonds. The van der Waals surface area contributed by atoms with Crippen LogP contribution in [0.1, 0.15) is 0 Å². The van der Waals surface area contributed by atoms with Crippen LogP contribution in [0, 0.1) is 6.65 Å². The first-order valence-corrected chi connectivity index (χ1v) is 0.204. The minimum atomic E-state index is 0. The molecule has 0 N–H and O–H groups in total. The first kappa shape index (κ1) is 27.3. The molecule has 0 aromatic carbocycles. The number of hydrogen-bond acceptors (Lipinski definition) is 0. The second-order valence-electron chi connectivity index (χ2n) is 0. The molecule has 0 bridgehead atoms. The van der Waals surface area contributed by atoms with Crippen molar-refractivity contribution in [2.75, 3.05) is 0 Å². The van der Waals surface area contributed by atoms with Crippen LogP contribution >= 0.6 is 24.8 Å². The Morgan fingerprint density at radius 1 is 1.00 bits per heavy atom. The van der Waals surface area contributed by atoms with E-state index >= 15 is 0 Å². The number of hydrogen-bond donors (Lipinski definition) is 0. The van der Waals surface area contributed by atoms with Crippen molar-refractivity contribution in [2.45, 2.75) is 0 Å². The van der Waals surface area contributed by atoms with Gasteiger partial charge >= 0.3 is 11.3 Å². The van der Waals surface area contributed by atoms with E-state index in [9.17, 15) is 0 Å². The number of halogens is 2. The quantitative estimate of drug-likeness (QED) is 0.317. The molecule has 26 valence electrons. The third-order valence-corrected chi connectivity index (χ3v) is 0. The summed E-state index contributed by atoms with van der Waals surface area (Å²) in [5, 5.41) is 0. The Labute approximate surface area is 36.9 Å². The molecule has 0 radical (unpaired) electrons. The predicted octanol–water partition coefficient (Wildman–Crippen LogP) is 0.806. The van der Waals surface area contributed by atoms with Gasteiger partial charge in [-0.05, 0) is 0 Å². The van der Waals surface area contributed by atoms with Crippen LogP contribution in [0.25, 0.3) is 0 Å². The van der Waals surface area contributed by atoms with E-state index in [1.54, 1.807) is 0 Å². The Morgan fingerprint density at radius 3 is 1.00 bits per heavy atom. The summed E-state index contributed by atoms with van der Waals surface area (Å²) in [5.41, 5.74) is 0. The molecule has 0 atom stereocenters. The van der Waals surface area contributed by atoms with E-state index in [1.807, 2.05) is 0 Å². The van der Waals surface area contributed by atoms with Crippen LogP contribution in [0.4, 0.5) is 0 Å². The summed E-state index contributed by atoms with van der Waals surface area (Å²) in [7, 11) is 0. The van der Waals surface area contributed by atoms with Crippen molar-refractivity contribution in [3.63, 3.8) is 0 Å². The molecule has 4 heavy (non-hydrogen) atoms. The summed E-state index contributed by atoms with van der Waals surface area (Å²) in [5.74, 6) is 0. The third-order valence-electron chi connectivity index (χ3n) is 0. The molecule has 0 aliphatic heterocycles. The van der Waals surface area contributed by atoms with E-state index < -0.39 is 0 Å². The van der Waals surface area contributed by atoms with Crippen molar-refractivity contribution in [1.82, 2.24) is 0 Å². The van der Waals surface area contributed by atoms with Gasteiger partial charge < -0.3 is 0 Å². The summed E-state index contributed by atoms with van der Waals surface area (Å²) in [6.45, 7) is 4.50.